The fourth-order valence-electron chi connectivity index (χ4n) is 1.38. The predicted octanol–water partition coefficient (Wildman–Crippen LogP) is 1.69. The van der Waals surface area contributed by atoms with Crippen LogP contribution < -0.4 is 10.5 Å². The molecule has 4 nitrogen and oxygen atoms in total. The van der Waals surface area contributed by atoms with Crippen molar-refractivity contribution in [3.63, 3.8) is 0 Å². The van der Waals surface area contributed by atoms with Crippen LogP contribution in [0.25, 0.3) is 0 Å². The van der Waals surface area contributed by atoms with Crippen LogP contribution in [0.4, 0.5) is 5.69 Å². The van der Waals surface area contributed by atoms with Crippen molar-refractivity contribution in [2.24, 2.45) is 0 Å². The number of thioether (sulfide) groups is 1. The summed E-state index contributed by atoms with van der Waals surface area (Å²) in [5, 5.41) is 0. The summed E-state index contributed by atoms with van der Waals surface area (Å²) in [6.07, 6.45) is 5.81. The number of hydrogen-bond acceptors (Lipinski definition) is 4. The Balaban J connectivity index is 2.49. The predicted molar refractivity (Wildman–Crippen MR) is 81.4 cm³/mol. The zero-order valence-corrected chi connectivity index (χ0v) is 12.4. The topological polar surface area (TPSA) is 72.2 Å². The number of terminal acetylenes is 1. The first-order valence-corrected chi connectivity index (χ1v) is 8.55. The third-order valence-corrected chi connectivity index (χ3v) is 5.19. The summed E-state index contributed by atoms with van der Waals surface area (Å²) in [7, 11) is -3.34. The fraction of sp³-hybridized carbons (Fsp3) is 0.385. The van der Waals surface area contributed by atoms with Gasteiger partial charge in [0.15, 0.2) is 0 Å². The lowest BCUT2D eigenvalue weighted by molar-refractivity contribution is 0.572. The van der Waals surface area contributed by atoms with Crippen LogP contribution in [0.3, 0.4) is 0 Å². The minimum Gasteiger partial charge on any atom is -0.398 e. The maximum Gasteiger partial charge on any atom is 0.213 e. The van der Waals surface area contributed by atoms with Crippen LogP contribution in [0.5, 0.6) is 0 Å². The Hall–Kier alpha value is -1.16. The minimum atomic E-state index is -3.34. The van der Waals surface area contributed by atoms with E-state index in [1.807, 2.05) is 25.1 Å². The van der Waals surface area contributed by atoms with Gasteiger partial charge in [-0.05, 0) is 18.6 Å². The molecule has 0 radical (unpaired) electrons. The first-order chi connectivity index (χ1) is 8.98. The first-order valence-electron chi connectivity index (χ1n) is 5.92. The van der Waals surface area contributed by atoms with Gasteiger partial charge in [-0.25, -0.2) is 13.1 Å². The second-order valence-corrected chi connectivity index (χ2v) is 6.96. The number of anilines is 1. The average Bonchev–Trinajstić information content (AvgIpc) is 2.38. The van der Waals surface area contributed by atoms with Crippen molar-refractivity contribution in [1.29, 1.82) is 0 Å². The van der Waals surface area contributed by atoms with E-state index in [0.717, 1.165) is 4.90 Å². The van der Waals surface area contributed by atoms with E-state index in [4.69, 9.17) is 12.2 Å². The van der Waals surface area contributed by atoms with Crippen LogP contribution in [-0.2, 0) is 10.0 Å². The quantitative estimate of drug-likeness (QED) is 0.456. The third kappa shape index (κ3) is 5.55. The standard InChI is InChI=1S/C13H18N2O2S2/c1-3-11(4-2)15-19(16,17)10-9-18-13-8-6-5-7-12(13)14/h1,5-8,11,15H,4,9-10,14H2,2H3. The molecule has 0 aromatic heterocycles. The zero-order valence-electron chi connectivity index (χ0n) is 10.8. The zero-order chi connectivity index (χ0) is 14.3. The molecule has 1 rings (SSSR count). The monoisotopic (exact) mass is 298 g/mol. The highest BCUT2D eigenvalue weighted by Crippen LogP contribution is 2.24. The SMILES string of the molecule is C#CC(CC)NS(=O)(=O)CCSc1ccccc1N. The Morgan fingerprint density at radius 2 is 2.16 bits per heavy atom. The van der Waals surface area contributed by atoms with E-state index >= 15 is 0 Å². The maximum absolute atomic E-state index is 11.8. The molecule has 1 aromatic carbocycles. The van der Waals surface area contributed by atoms with E-state index in [-0.39, 0.29) is 5.75 Å². The molecule has 0 saturated heterocycles. The van der Waals surface area contributed by atoms with Gasteiger partial charge in [0.1, 0.15) is 0 Å². The highest BCUT2D eigenvalue weighted by atomic mass is 32.2. The van der Waals surface area contributed by atoms with Gasteiger partial charge >= 0.3 is 0 Å². The number of rotatable bonds is 7. The molecular formula is C13H18N2O2S2. The lowest BCUT2D eigenvalue weighted by Crippen LogP contribution is -2.35. The van der Waals surface area contributed by atoms with Crippen LogP contribution >= 0.6 is 11.8 Å². The highest BCUT2D eigenvalue weighted by molar-refractivity contribution is 8.00. The number of benzene rings is 1. The van der Waals surface area contributed by atoms with E-state index in [1.54, 1.807) is 6.07 Å². The first kappa shape index (κ1) is 15.9. The lowest BCUT2D eigenvalue weighted by atomic mass is 10.3. The Morgan fingerprint density at radius 1 is 1.47 bits per heavy atom. The van der Waals surface area contributed by atoms with Crippen LogP contribution in [0.15, 0.2) is 29.2 Å². The summed E-state index contributed by atoms with van der Waals surface area (Å²) >= 11 is 1.42. The van der Waals surface area contributed by atoms with E-state index in [0.29, 0.717) is 17.9 Å². The average molecular weight is 298 g/mol. The van der Waals surface area contributed by atoms with E-state index in [2.05, 4.69) is 10.6 Å². The molecule has 0 amide bonds. The Kier molecular flexibility index (Phi) is 6.22. The van der Waals surface area contributed by atoms with Crippen molar-refractivity contribution < 1.29 is 8.42 Å². The van der Waals surface area contributed by atoms with Crippen molar-refractivity contribution in [1.82, 2.24) is 4.72 Å². The molecule has 0 aliphatic carbocycles. The summed E-state index contributed by atoms with van der Waals surface area (Å²) < 4.78 is 26.1. The summed E-state index contributed by atoms with van der Waals surface area (Å²) in [5.74, 6) is 2.86. The number of nitrogens with two attached hydrogens (primary N) is 1. The Labute approximate surface area is 119 Å². The van der Waals surface area contributed by atoms with E-state index in [9.17, 15) is 8.42 Å². The smallest absolute Gasteiger partial charge is 0.213 e. The number of sulfonamides is 1. The molecule has 0 heterocycles. The van der Waals surface area contributed by atoms with E-state index in [1.165, 1.54) is 11.8 Å². The maximum atomic E-state index is 11.8. The van der Waals surface area contributed by atoms with E-state index < -0.39 is 16.1 Å². The molecule has 3 N–H and O–H groups in total. The molecule has 19 heavy (non-hydrogen) atoms. The molecule has 104 valence electrons. The summed E-state index contributed by atoms with van der Waals surface area (Å²) in [4.78, 5) is 0.890. The van der Waals surface area contributed by atoms with Gasteiger partial charge in [-0.1, -0.05) is 25.0 Å². The van der Waals surface area contributed by atoms with Crippen molar-refractivity contribution in [2.45, 2.75) is 24.3 Å². The van der Waals surface area contributed by atoms with Crippen LogP contribution in [0, 0.1) is 12.3 Å². The molecule has 0 aliphatic heterocycles. The number of hydrogen-bond donors (Lipinski definition) is 2. The van der Waals surface area contributed by atoms with Crippen LogP contribution in [0.1, 0.15) is 13.3 Å². The van der Waals surface area contributed by atoms with Crippen LogP contribution in [0.2, 0.25) is 0 Å². The number of para-hydroxylation sites is 1. The van der Waals surface area contributed by atoms with Gasteiger partial charge in [0.05, 0.1) is 11.8 Å². The van der Waals surface area contributed by atoms with Crippen molar-refractivity contribution in [3.05, 3.63) is 24.3 Å². The molecule has 0 aliphatic rings. The summed E-state index contributed by atoms with van der Waals surface area (Å²) in [6.45, 7) is 1.84. The molecule has 0 fully saturated rings. The minimum absolute atomic E-state index is 0.0180. The van der Waals surface area contributed by atoms with Gasteiger partial charge in [-0.2, -0.15) is 0 Å². The second-order valence-electron chi connectivity index (χ2n) is 3.95. The molecule has 0 spiro atoms. The largest absolute Gasteiger partial charge is 0.398 e. The number of nitrogens with one attached hydrogen (secondary N) is 1. The summed E-state index contributed by atoms with van der Waals surface area (Å²) in [5.41, 5.74) is 6.44. The molecule has 6 heteroatoms. The Morgan fingerprint density at radius 3 is 2.74 bits per heavy atom. The van der Waals surface area contributed by atoms with Gasteiger partial charge in [-0.15, -0.1) is 18.2 Å². The van der Waals surface area contributed by atoms with Crippen molar-refractivity contribution >= 4 is 27.5 Å². The molecular weight excluding hydrogens is 280 g/mol. The fourth-order valence-corrected chi connectivity index (χ4v) is 4.01. The molecule has 0 bridgehead atoms. The highest BCUT2D eigenvalue weighted by Gasteiger charge is 2.14. The van der Waals surface area contributed by atoms with Gasteiger partial charge in [-0.3, -0.25) is 0 Å². The van der Waals surface area contributed by atoms with Crippen molar-refractivity contribution in [2.75, 3.05) is 17.2 Å². The second kappa shape index (κ2) is 7.43. The lowest BCUT2D eigenvalue weighted by Gasteiger charge is -2.11. The summed E-state index contributed by atoms with van der Waals surface area (Å²) in [6, 6.07) is 6.95. The number of nitrogen functional groups attached to an aromatic ring is 1. The molecule has 0 saturated carbocycles. The molecule has 1 aromatic rings. The van der Waals surface area contributed by atoms with Crippen molar-refractivity contribution in [3.8, 4) is 12.3 Å². The van der Waals surface area contributed by atoms with Gasteiger partial charge in [0, 0.05) is 16.3 Å². The van der Waals surface area contributed by atoms with Gasteiger partial charge < -0.3 is 5.73 Å². The third-order valence-electron chi connectivity index (χ3n) is 2.46. The molecule has 1 atom stereocenters. The van der Waals surface area contributed by atoms with Gasteiger partial charge in [0.2, 0.25) is 10.0 Å². The van der Waals surface area contributed by atoms with Crippen LogP contribution in [-0.4, -0.2) is 26.0 Å². The molecule has 1 unspecified atom stereocenters. The Bertz CT molecular complexity index is 550. The normalized spacial score (nSPS) is 12.8. The van der Waals surface area contributed by atoms with Gasteiger partial charge in [0.25, 0.3) is 0 Å².